The molecule has 4 atom stereocenters. The zero-order valence-electron chi connectivity index (χ0n) is 13.3. The SMILES string of the molecule is CCSC1CCC(N2CC(c3ccccc3)NCC2C)C1. The highest BCUT2D eigenvalue weighted by Crippen LogP contribution is 2.35. The Labute approximate surface area is 133 Å². The fourth-order valence-corrected chi connectivity index (χ4v) is 5.04. The van der Waals surface area contributed by atoms with Crippen LogP contribution >= 0.6 is 11.8 Å². The van der Waals surface area contributed by atoms with E-state index in [0.29, 0.717) is 12.1 Å². The average molecular weight is 305 g/mol. The van der Waals surface area contributed by atoms with Gasteiger partial charge in [0, 0.05) is 36.5 Å². The second-order valence-corrected chi connectivity index (χ2v) is 8.04. The van der Waals surface area contributed by atoms with Crippen molar-refractivity contribution < 1.29 is 0 Å². The molecule has 1 aromatic carbocycles. The van der Waals surface area contributed by atoms with Gasteiger partial charge in [0.1, 0.15) is 0 Å². The Morgan fingerprint density at radius 3 is 2.81 bits per heavy atom. The van der Waals surface area contributed by atoms with Crippen LogP contribution in [-0.2, 0) is 0 Å². The molecular formula is C18H28N2S. The van der Waals surface area contributed by atoms with Crippen LogP contribution in [0.15, 0.2) is 30.3 Å². The number of hydrogen-bond acceptors (Lipinski definition) is 3. The minimum Gasteiger partial charge on any atom is -0.307 e. The molecule has 2 aliphatic rings. The lowest BCUT2D eigenvalue weighted by molar-refractivity contribution is 0.0933. The van der Waals surface area contributed by atoms with E-state index in [4.69, 9.17) is 0 Å². The van der Waals surface area contributed by atoms with Gasteiger partial charge in [-0.1, -0.05) is 37.3 Å². The van der Waals surface area contributed by atoms with Crippen molar-refractivity contribution >= 4 is 11.8 Å². The van der Waals surface area contributed by atoms with Gasteiger partial charge >= 0.3 is 0 Å². The molecule has 1 saturated carbocycles. The second-order valence-electron chi connectivity index (χ2n) is 6.46. The Hall–Kier alpha value is -0.510. The van der Waals surface area contributed by atoms with Gasteiger partial charge in [-0.05, 0) is 37.5 Å². The Kier molecular flexibility index (Phi) is 5.25. The van der Waals surface area contributed by atoms with Gasteiger partial charge in [0.2, 0.25) is 0 Å². The molecule has 3 rings (SSSR count). The van der Waals surface area contributed by atoms with Crippen LogP contribution in [0.3, 0.4) is 0 Å². The predicted octanol–water partition coefficient (Wildman–Crippen LogP) is 3.70. The number of rotatable bonds is 4. The van der Waals surface area contributed by atoms with Crippen molar-refractivity contribution in [1.82, 2.24) is 10.2 Å². The lowest BCUT2D eigenvalue weighted by Gasteiger charge is -2.42. The van der Waals surface area contributed by atoms with Gasteiger partial charge in [-0.25, -0.2) is 0 Å². The van der Waals surface area contributed by atoms with Crippen LogP contribution in [0.4, 0.5) is 0 Å². The molecule has 4 unspecified atom stereocenters. The van der Waals surface area contributed by atoms with Crippen LogP contribution in [0.1, 0.15) is 44.7 Å². The molecule has 1 N–H and O–H groups in total. The summed E-state index contributed by atoms with van der Waals surface area (Å²) >= 11 is 2.16. The quantitative estimate of drug-likeness (QED) is 0.913. The molecular weight excluding hydrogens is 276 g/mol. The summed E-state index contributed by atoms with van der Waals surface area (Å²) in [5.74, 6) is 1.27. The van der Waals surface area contributed by atoms with E-state index in [1.165, 1.54) is 37.1 Å². The molecule has 1 heterocycles. The lowest BCUT2D eigenvalue weighted by atomic mass is 10.00. The van der Waals surface area contributed by atoms with Gasteiger partial charge in [0.25, 0.3) is 0 Å². The molecule has 21 heavy (non-hydrogen) atoms. The van der Waals surface area contributed by atoms with Gasteiger partial charge in [-0.3, -0.25) is 4.90 Å². The molecule has 0 aromatic heterocycles. The van der Waals surface area contributed by atoms with Crippen molar-refractivity contribution in [3.8, 4) is 0 Å². The Bertz CT molecular complexity index is 436. The van der Waals surface area contributed by atoms with Gasteiger partial charge in [0.05, 0.1) is 0 Å². The zero-order chi connectivity index (χ0) is 14.7. The highest BCUT2D eigenvalue weighted by molar-refractivity contribution is 7.99. The molecule has 0 spiro atoms. The standard InChI is InChI=1S/C18H28N2S/c1-3-21-17-10-9-16(11-17)20-13-18(19-12-14(20)2)15-7-5-4-6-8-15/h4-8,14,16-19H,3,9-13H2,1-2H3. The number of hydrogen-bond donors (Lipinski definition) is 1. The minimum absolute atomic E-state index is 0.500. The van der Waals surface area contributed by atoms with Crippen LogP contribution in [0, 0.1) is 0 Å². The van der Waals surface area contributed by atoms with E-state index >= 15 is 0 Å². The molecule has 1 aliphatic heterocycles. The molecule has 116 valence electrons. The minimum atomic E-state index is 0.500. The van der Waals surface area contributed by atoms with E-state index in [-0.39, 0.29) is 0 Å². The maximum Gasteiger partial charge on any atom is 0.0450 e. The summed E-state index contributed by atoms with van der Waals surface area (Å²) in [6, 6.07) is 12.9. The van der Waals surface area contributed by atoms with Crippen molar-refractivity contribution in [3.63, 3.8) is 0 Å². The molecule has 2 nitrogen and oxygen atoms in total. The number of nitrogens with one attached hydrogen (secondary N) is 1. The van der Waals surface area contributed by atoms with E-state index in [2.05, 4.69) is 66.2 Å². The van der Waals surface area contributed by atoms with Gasteiger partial charge in [-0.15, -0.1) is 0 Å². The Morgan fingerprint density at radius 1 is 1.24 bits per heavy atom. The second kappa shape index (κ2) is 7.17. The summed E-state index contributed by atoms with van der Waals surface area (Å²) in [6.07, 6.45) is 4.20. The number of benzene rings is 1. The molecule has 0 bridgehead atoms. The van der Waals surface area contributed by atoms with Crippen molar-refractivity contribution in [2.75, 3.05) is 18.8 Å². The van der Waals surface area contributed by atoms with Crippen LogP contribution in [0.25, 0.3) is 0 Å². The highest BCUT2D eigenvalue weighted by Gasteiger charge is 2.35. The van der Waals surface area contributed by atoms with Crippen molar-refractivity contribution in [3.05, 3.63) is 35.9 Å². The summed E-state index contributed by atoms with van der Waals surface area (Å²) < 4.78 is 0. The molecule has 1 aliphatic carbocycles. The maximum absolute atomic E-state index is 3.73. The molecule has 3 heteroatoms. The number of piperazine rings is 1. The predicted molar refractivity (Wildman–Crippen MR) is 92.9 cm³/mol. The summed E-state index contributed by atoms with van der Waals surface area (Å²) in [4.78, 5) is 2.78. The van der Waals surface area contributed by atoms with E-state index < -0.39 is 0 Å². The Morgan fingerprint density at radius 2 is 2.05 bits per heavy atom. The zero-order valence-corrected chi connectivity index (χ0v) is 14.1. The first-order valence-corrected chi connectivity index (χ1v) is 9.48. The molecule has 2 fully saturated rings. The number of nitrogens with zero attached hydrogens (tertiary/aromatic N) is 1. The maximum atomic E-state index is 3.73. The molecule has 0 amide bonds. The van der Waals surface area contributed by atoms with Crippen LogP contribution in [-0.4, -0.2) is 41.1 Å². The largest absolute Gasteiger partial charge is 0.307 e. The van der Waals surface area contributed by atoms with Crippen LogP contribution in [0.2, 0.25) is 0 Å². The van der Waals surface area contributed by atoms with E-state index in [9.17, 15) is 0 Å². The average Bonchev–Trinajstić information content (AvgIpc) is 2.97. The van der Waals surface area contributed by atoms with Gasteiger partial charge < -0.3 is 5.32 Å². The lowest BCUT2D eigenvalue weighted by Crippen LogP contribution is -2.54. The topological polar surface area (TPSA) is 15.3 Å². The van der Waals surface area contributed by atoms with Crippen molar-refractivity contribution in [2.24, 2.45) is 0 Å². The summed E-state index contributed by atoms with van der Waals surface area (Å²) in [6.45, 7) is 6.95. The first kappa shape index (κ1) is 15.4. The van der Waals surface area contributed by atoms with Crippen molar-refractivity contribution in [2.45, 2.75) is 56.5 Å². The highest BCUT2D eigenvalue weighted by atomic mass is 32.2. The Balaban J connectivity index is 1.64. The van der Waals surface area contributed by atoms with E-state index in [1.54, 1.807) is 0 Å². The molecule has 1 aromatic rings. The monoisotopic (exact) mass is 304 g/mol. The normalized spacial score (nSPS) is 34.2. The third-order valence-corrected chi connectivity index (χ3v) is 6.28. The first-order valence-electron chi connectivity index (χ1n) is 8.43. The fraction of sp³-hybridized carbons (Fsp3) is 0.667. The van der Waals surface area contributed by atoms with E-state index in [1.807, 2.05) is 0 Å². The third-order valence-electron chi connectivity index (χ3n) is 5.05. The summed E-state index contributed by atoms with van der Waals surface area (Å²) in [5, 5.41) is 4.63. The smallest absolute Gasteiger partial charge is 0.0450 e. The van der Waals surface area contributed by atoms with Gasteiger partial charge in [0.15, 0.2) is 0 Å². The van der Waals surface area contributed by atoms with Crippen LogP contribution < -0.4 is 5.32 Å². The summed E-state index contributed by atoms with van der Waals surface area (Å²) in [7, 11) is 0. The third kappa shape index (κ3) is 3.64. The van der Waals surface area contributed by atoms with Crippen molar-refractivity contribution in [1.29, 1.82) is 0 Å². The van der Waals surface area contributed by atoms with Crippen LogP contribution in [0.5, 0.6) is 0 Å². The molecule has 0 radical (unpaired) electrons. The first-order chi connectivity index (χ1) is 10.3. The molecule has 1 saturated heterocycles. The summed E-state index contributed by atoms with van der Waals surface area (Å²) in [5.41, 5.74) is 1.44. The number of thioether (sulfide) groups is 1. The van der Waals surface area contributed by atoms with E-state index in [0.717, 1.165) is 17.8 Å². The van der Waals surface area contributed by atoms with Gasteiger partial charge in [-0.2, -0.15) is 11.8 Å². The fourth-order valence-electron chi connectivity index (χ4n) is 3.91.